The quantitative estimate of drug-likeness (QED) is 0.401. The number of benzene rings is 2. The molecule has 7 nitrogen and oxygen atoms in total. The summed E-state index contributed by atoms with van der Waals surface area (Å²) >= 11 is 0. The van der Waals surface area contributed by atoms with E-state index in [1.807, 2.05) is 42.5 Å². The van der Waals surface area contributed by atoms with Gasteiger partial charge >= 0.3 is 6.03 Å². The molecule has 1 aliphatic rings. The Labute approximate surface area is 171 Å². The lowest BCUT2D eigenvalue weighted by Crippen LogP contribution is -2.41. The zero-order valence-electron chi connectivity index (χ0n) is 16.5. The second-order valence-corrected chi connectivity index (χ2v) is 7.69. The zero-order chi connectivity index (χ0) is 21.0. The summed E-state index contributed by atoms with van der Waals surface area (Å²) in [7, 11) is 0. The van der Waals surface area contributed by atoms with Crippen molar-refractivity contribution in [2.75, 3.05) is 6.54 Å². The molecule has 0 aliphatic carbocycles. The van der Waals surface area contributed by atoms with Crippen LogP contribution >= 0.6 is 0 Å². The van der Waals surface area contributed by atoms with Gasteiger partial charge in [0.1, 0.15) is 11.3 Å². The fourth-order valence-electron chi connectivity index (χ4n) is 4.09. The van der Waals surface area contributed by atoms with E-state index < -0.39 is 17.5 Å². The fraction of sp³-hybridized carbons (Fsp3) is 0.174. The highest BCUT2D eigenvalue weighted by atomic mass is 16.3. The van der Waals surface area contributed by atoms with E-state index in [9.17, 15) is 14.4 Å². The number of hydrogen-bond acceptors (Lipinski definition) is 4. The summed E-state index contributed by atoms with van der Waals surface area (Å²) in [5, 5.41) is 4.30. The standard InChI is InChI=1S/C23H19N3O4/c1-13-20(15-8-4-5-9-16(15)24-13)17(27)12-26-21(28)23(2,25-22(26)29)19-11-14-7-3-6-10-18(14)30-19/h3-11,24H,12H2,1-2H3,(H,25,29). The first-order chi connectivity index (χ1) is 14.4. The van der Waals surface area contributed by atoms with Crippen molar-refractivity contribution in [2.24, 2.45) is 0 Å². The third-order valence-corrected chi connectivity index (χ3v) is 5.67. The van der Waals surface area contributed by atoms with Crippen molar-refractivity contribution in [1.29, 1.82) is 0 Å². The number of fused-ring (bicyclic) bond motifs is 2. The maximum absolute atomic E-state index is 13.2. The van der Waals surface area contributed by atoms with Crippen LogP contribution in [-0.2, 0) is 10.3 Å². The topological polar surface area (TPSA) is 95.4 Å². The van der Waals surface area contributed by atoms with Crippen molar-refractivity contribution in [3.63, 3.8) is 0 Å². The number of ketones is 1. The van der Waals surface area contributed by atoms with Crippen molar-refractivity contribution in [1.82, 2.24) is 15.2 Å². The number of aromatic nitrogens is 1. The Morgan fingerprint density at radius 3 is 2.63 bits per heavy atom. The number of furan rings is 1. The molecule has 1 atom stereocenters. The van der Waals surface area contributed by atoms with Gasteiger partial charge in [-0.15, -0.1) is 0 Å². The molecule has 0 spiro atoms. The molecule has 3 heterocycles. The molecule has 7 heteroatoms. The van der Waals surface area contributed by atoms with Gasteiger partial charge < -0.3 is 14.7 Å². The van der Waals surface area contributed by atoms with Gasteiger partial charge in [0, 0.05) is 27.5 Å². The van der Waals surface area contributed by atoms with Crippen LogP contribution in [0.2, 0.25) is 0 Å². The van der Waals surface area contributed by atoms with Crippen LogP contribution in [0.15, 0.2) is 59.0 Å². The molecule has 0 radical (unpaired) electrons. The summed E-state index contributed by atoms with van der Waals surface area (Å²) in [6, 6.07) is 15.9. The first-order valence-corrected chi connectivity index (χ1v) is 9.62. The number of urea groups is 1. The molecule has 150 valence electrons. The van der Waals surface area contributed by atoms with Gasteiger partial charge in [-0.25, -0.2) is 4.79 Å². The predicted octanol–water partition coefficient (Wildman–Crippen LogP) is 3.87. The lowest BCUT2D eigenvalue weighted by atomic mass is 9.98. The predicted molar refractivity (Wildman–Crippen MR) is 111 cm³/mol. The van der Waals surface area contributed by atoms with Crippen molar-refractivity contribution in [2.45, 2.75) is 19.4 Å². The van der Waals surface area contributed by atoms with Gasteiger partial charge in [-0.05, 0) is 32.0 Å². The highest BCUT2D eigenvalue weighted by molar-refractivity contribution is 6.15. The average Bonchev–Trinajstić information content (AvgIpc) is 3.36. The number of carbonyl (C=O) groups excluding carboxylic acids is 3. The van der Waals surface area contributed by atoms with Crippen molar-refractivity contribution < 1.29 is 18.8 Å². The van der Waals surface area contributed by atoms with Crippen molar-refractivity contribution >= 4 is 39.6 Å². The Bertz CT molecular complexity index is 1320. The molecule has 1 saturated heterocycles. The molecule has 1 aliphatic heterocycles. The molecule has 5 rings (SSSR count). The van der Waals surface area contributed by atoms with Crippen LogP contribution in [0.5, 0.6) is 0 Å². The van der Waals surface area contributed by atoms with Crippen LogP contribution in [-0.4, -0.2) is 34.2 Å². The molecule has 0 bridgehead atoms. The van der Waals surface area contributed by atoms with E-state index in [0.717, 1.165) is 21.2 Å². The van der Waals surface area contributed by atoms with Crippen LogP contribution in [0, 0.1) is 6.92 Å². The lowest BCUT2D eigenvalue weighted by Gasteiger charge is -2.18. The first kappa shape index (κ1) is 18.2. The Morgan fingerprint density at radius 2 is 1.83 bits per heavy atom. The number of Topliss-reactive ketones (excluding diaryl/α,β-unsaturated/α-hetero) is 1. The highest BCUT2D eigenvalue weighted by Crippen LogP contribution is 2.33. The smallest absolute Gasteiger partial charge is 0.325 e. The number of amides is 3. The molecular weight excluding hydrogens is 382 g/mol. The number of nitrogens with zero attached hydrogens (tertiary/aromatic N) is 1. The minimum atomic E-state index is -1.37. The normalized spacial score (nSPS) is 19.1. The van der Waals surface area contributed by atoms with E-state index in [-0.39, 0.29) is 12.3 Å². The lowest BCUT2D eigenvalue weighted by molar-refractivity contribution is -0.131. The molecule has 1 fully saturated rings. The molecular formula is C23H19N3O4. The number of carbonyl (C=O) groups is 3. The minimum absolute atomic E-state index is 0.303. The molecule has 2 N–H and O–H groups in total. The monoisotopic (exact) mass is 401 g/mol. The number of aryl methyl sites for hydroxylation is 1. The summed E-state index contributed by atoms with van der Waals surface area (Å²) < 4.78 is 5.82. The largest absolute Gasteiger partial charge is 0.458 e. The molecule has 2 aromatic heterocycles. The third kappa shape index (κ3) is 2.55. The van der Waals surface area contributed by atoms with Crippen LogP contribution < -0.4 is 5.32 Å². The van der Waals surface area contributed by atoms with E-state index in [0.29, 0.717) is 22.6 Å². The number of rotatable bonds is 4. The summed E-state index contributed by atoms with van der Waals surface area (Å²) in [6.45, 7) is 3.05. The molecule has 0 saturated carbocycles. The van der Waals surface area contributed by atoms with Crippen molar-refractivity contribution in [3.8, 4) is 0 Å². The van der Waals surface area contributed by atoms with Gasteiger partial charge in [-0.3, -0.25) is 14.5 Å². The Balaban J connectivity index is 1.47. The fourth-order valence-corrected chi connectivity index (χ4v) is 4.09. The van der Waals surface area contributed by atoms with E-state index in [4.69, 9.17) is 4.42 Å². The maximum atomic E-state index is 13.2. The van der Waals surface area contributed by atoms with Gasteiger partial charge in [-0.2, -0.15) is 0 Å². The molecule has 30 heavy (non-hydrogen) atoms. The third-order valence-electron chi connectivity index (χ3n) is 5.67. The maximum Gasteiger partial charge on any atom is 0.325 e. The minimum Gasteiger partial charge on any atom is -0.458 e. The molecule has 1 unspecified atom stereocenters. The highest BCUT2D eigenvalue weighted by Gasteiger charge is 2.51. The van der Waals surface area contributed by atoms with Crippen molar-refractivity contribution in [3.05, 3.63) is 71.6 Å². The SMILES string of the molecule is Cc1[nH]c2ccccc2c1C(=O)CN1C(=O)NC(C)(c2cc3ccccc3o2)C1=O. The number of para-hydroxylation sites is 2. The zero-order valence-corrected chi connectivity index (χ0v) is 16.5. The summed E-state index contributed by atoms with van der Waals surface area (Å²) in [5.74, 6) is -0.486. The Morgan fingerprint density at radius 1 is 1.10 bits per heavy atom. The van der Waals surface area contributed by atoms with E-state index in [1.54, 1.807) is 26.0 Å². The second-order valence-electron chi connectivity index (χ2n) is 7.69. The number of nitrogens with one attached hydrogen (secondary N) is 2. The summed E-state index contributed by atoms with van der Waals surface area (Å²) in [5.41, 5.74) is 1.28. The Kier molecular flexibility index (Phi) is 3.83. The van der Waals surface area contributed by atoms with Crippen LogP contribution in [0.1, 0.15) is 28.7 Å². The van der Waals surface area contributed by atoms with E-state index in [1.165, 1.54) is 0 Å². The second kappa shape index (κ2) is 6.32. The molecule has 2 aromatic carbocycles. The summed E-state index contributed by atoms with van der Waals surface area (Å²) in [4.78, 5) is 43.0. The number of hydrogen-bond donors (Lipinski definition) is 2. The first-order valence-electron chi connectivity index (χ1n) is 9.62. The van der Waals surface area contributed by atoms with E-state index in [2.05, 4.69) is 10.3 Å². The van der Waals surface area contributed by atoms with Crippen LogP contribution in [0.4, 0.5) is 4.79 Å². The van der Waals surface area contributed by atoms with Gasteiger partial charge in [-0.1, -0.05) is 36.4 Å². The summed E-state index contributed by atoms with van der Waals surface area (Å²) in [6.07, 6.45) is 0. The van der Waals surface area contributed by atoms with Gasteiger partial charge in [0.15, 0.2) is 11.3 Å². The number of aromatic amines is 1. The number of imide groups is 1. The van der Waals surface area contributed by atoms with Gasteiger partial charge in [0.05, 0.1) is 6.54 Å². The van der Waals surface area contributed by atoms with E-state index >= 15 is 0 Å². The number of H-pyrrole nitrogens is 1. The van der Waals surface area contributed by atoms with Gasteiger partial charge in [0.25, 0.3) is 5.91 Å². The Hall–Kier alpha value is -3.87. The molecule has 4 aromatic rings. The molecule has 3 amide bonds. The van der Waals surface area contributed by atoms with Gasteiger partial charge in [0.2, 0.25) is 0 Å². The van der Waals surface area contributed by atoms with Crippen LogP contribution in [0.25, 0.3) is 21.9 Å². The van der Waals surface area contributed by atoms with Crippen LogP contribution in [0.3, 0.4) is 0 Å². The average molecular weight is 401 g/mol.